The van der Waals surface area contributed by atoms with Crippen LogP contribution < -0.4 is 0 Å². The van der Waals surface area contributed by atoms with Gasteiger partial charge in [0.15, 0.2) is 0 Å². The van der Waals surface area contributed by atoms with E-state index in [2.05, 4.69) is 52.1 Å². The number of halogens is 1. The zero-order valence-electron chi connectivity index (χ0n) is 9.49. The molecule has 1 aromatic carbocycles. The van der Waals surface area contributed by atoms with Gasteiger partial charge in [-0.1, -0.05) is 41.1 Å². The summed E-state index contributed by atoms with van der Waals surface area (Å²) in [5, 5.41) is 1.22. The molecule has 1 nitrogen and oxygen atoms in total. The molecule has 0 amide bonds. The van der Waals surface area contributed by atoms with Gasteiger partial charge in [0.1, 0.15) is 0 Å². The second-order valence-electron chi connectivity index (χ2n) is 4.07. The summed E-state index contributed by atoms with van der Waals surface area (Å²) < 4.78 is 0. The molecule has 0 radical (unpaired) electrons. The first-order valence-electron chi connectivity index (χ1n) is 5.77. The highest BCUT2D eigenvalue weighted by molar-refractivity contribution is 9.09. The van der Waals surface area contributed by atoms with Crippen molar-refractivity contribution in [1.29, 1.82) is 0 Å². The van der Waals surface area contributed by atoms with Crippen LogP contribution in [0.1, 0.15) is 25.3 Å². The van der Waals surface area contributed by atoms with E-state index in [-0.39, 0.29) is 0 Å². The average Bonchev–Trinajstić information content (AvgIpc) is 2.35. The van der Waals surface area contributed by atoms with Gasteiger partial charge < -0.3 is 0 Å². The maximum atomic E-state index is 4.38. The van der Waals surface area contributed by atoms with Gasteiger partial charge in [-0.3, -0.25) is 4.98 Å². The van der Waals surface area contributed by atoms with Crippen LogP contribution in [0.15, 0.2) is 36.5 Å². The topological polar surface area (TPSA) is 12.9 Å². The van der Waals surface area contributed by atoms with E-state index in [1.807, 2.05) is 12.3 Å². The predicted octanol–water partition coefficient (Wildman–Crippen LogP) is 4.34. The lowest BCUT2D eigenvalue weighted by Crippen LogP contribution is -1.97. The highest BCUT2D eigenvalue weighted by Gasteiger charge is 2.02. The molecule has 1 heterocycles. The van der Waals surface area contributed by atoms with Crippen LogP contribution in [-0.2, 0) is 6.42 Å². The molecule has 2 heteroatoms. The number of aromatic nitrogens is 1. The Kier molecular flexibility index (Phi) is 3.94. The van der Waals surface area contributed by atoms with E-state index in [0.29, 0.717) is 4.83 Å². The SMILES string of the molecule is CCC(Br)CCc1ccc2cccnc2c1. The highest BCUT2D eigenvalue weighted by atomic mass is 79.9. The quantitative estimate of drug-likeness (QED) is 0.758. The lowest BCUT2D eigenvalue weighted by Gasteiger charge is -2.07. The van der Waals surface area contributed by atoms with E-state index < -0.39 is 0 Å². The van der Waals surface area contributed by atoms with E-state index in [0.717, 1.165) is 11.9 Å². The molecule has 0 aliphatic heterocycles. The fourth-order valence-electron chi connectivity index (χ4n) is 1.79. The molecule has 2 aromatic rings. The van der Waals surface area contributed by atoms with Crippen LogP contribution in [-0.4, -0.2) is 9.81 Å². The molecule has 2 rings (SSSR count). The van der Waals surface area contributed by atoms with E-state index in [1.165, 1.54) is 23.8 Å². The van der Waals surface area contributed by atoms with E-state index >= 15 is 0 Å². The normalized spacial score (nSPS) is 12.9. The van der Waals surface area contributed by atoms with Crippen molar-refractivity contribution in [3.05, 3.63) is 42.1 Å². The largest absolute Gasteiger partial charge is 0.256 e. The molecular weight excluding hydrogens is 262 g/mol. The van der Waals surface area contributed by atoms with Crippen LogP contribution in [0.3, 0.4) is 0 Å². The second-order valence-corrected chi connectivity index (χ2v) is 5.37. The Balaban J connectivity index is 2.13. The maximum Gasteiger partial charge on any atom is 0.0704 e. The second kappa shape index (κ2) is 5.44. The molecule has 1 unspecified atom stereocenters. The first kappa shape index (κ1) is 11.6. The van der Waals surface area contributed by atoms with Gasteiger partial charge in [0.25, 0.3) is 0 Å². The Labute approximate surface area is 105 Å². The summed E-state index contributed by atoms with van der Waals surface area (Å²) in [6.45, 7) is 2.21. The van der Waals surface area contributed by atoms with Crippen LogP contribution in [0.25, 0.3) is 10.9 Å². The monoisotopic (exact) mass is 277 g/mol. The fourth-order valence-corrected chi connectivity index (χ4v) is 2.02. The van der Waals surface area contributed by atoms with E-state index in [9.17, 15) is 0 Å². The number of alkyl halides is 1. The molecule has 0 aliphatic rings. The molecule has 0 aliphatic carbocycles. The number of fused-ring (bicyclic) bond motifs is 1. The summed E-state index contributed by atoms with van der Waals surface area (Å²) in [5.41, 5.74) is 2.48. The summed E-state index contributed by atoms with van der Waals surface area (Å²) in [4.78, 5) is 5.01. The van der Waals surface area contributed by atoms with Gasteiger partial charge in [0.05, 0.1) is 5.52 Å². The van der Waals surface area contributed by atoms with Gasteiger partial charge in [-0.15, -0.1) is 0 Å². The summed E-state index contributed by atoms with van der Waals surface area (Å²) >= 11 is 3.67. The lowest BCUT2D eigenvalue weighted by molar-refractivity contribution is 0.747. The third-order valence-corrected chi connectivity index (χ3v) is 3.96. The highest BCUT2D eigenvalue weighted by Crippen LogP contribution is 2.17. The number of hydrogen-bond acceptors (Lipinski definition) is 1. The Morgan fingerprint density at radius 2 is 2.19 bits per heavy atom. The molecule has 0 bridgehead atoms. The number of nitrogens with zero attached hydrogens (tertiary/aromatic N) is 1. The van der Waals surface area contributed by atoms with Gasteiger partial charge in [0.2, 0.25) is 0 Å². The minimum atomic E-state index is 0.631. The van der Waals surface area contributed by atoms with Crippen molar-refractivity contribution in [2.45, 2.75) is 31.0 Å². The molecule has 84 valence electrons. The zero-order valence-corrected chi connectivity index (χ0v) is 11.1. The molecule has 0 saturated carbocycles. The molecule has 1 atom stereocenters. The Bertz CT molecular complexity index is 467. The fraction of sp³-hybridized carbons (Fsp3) is 0.357. The number of aryl methyl sites for hydroxylation is 1. The first-order valence-corrected chi connectivity index (χ1v) is 6.69. The molecule has 16 heavy (non-hydrogen) atoms. The first-order chi connectivity index (χ1) is 7.79. The predicted molar refractivity (Wildman–Crippen MR) is 73.1 cm³/mol. The number of benzene rings is 1. The van der Waals surface area contributed by atoms with E-state index in [4.69, 9.17) is 0 Å². The van der Waals surface area contributed by atoms with Crippen molar-refractivity contribution in [3.63, 3.8) is 0 Å². The van der Waals surface area contributed by atoms with Crippen LogP contribution in [0.4, 0.5) is 0 Å². The number of hydrogen-bond donors (Lipinski definition) is 0. The smallest absolute Gasteiger partial charge is 0.0704 e. The molecule has 1 aromatic heterocycles. The van der Waals surface area contributed by atoms with Gasteiger partial charge in [-0.05, 0) is 37.0 Å². The number of pyridine rings is 1. The van der Waals surface area contributed by atoms with Crippen molar-refractivity contribution < 1.29 is 0 Å². The Hall–Kier alpha value is -0.890. The van der Waals surface area contributed by atoms with Gasteiger partial charge in [-0.25, -0.2) is 0 Å². The van der Waals surface area contributed by atoms with Crippen LogP contribution in [0.5, 0.6) is 0 Å². The third-order valence-electron chi connectivity index (χ3n) is 2.86. The summed E-state index contributed by atoms with van der Waals surface area (Å²) in [5.74, 6) is 0. The Morgan fingerprint density at radius 3 is 3.00 bits per heavy atom. The summed E-state index contributed by atoms with van der Waals surface area (Å²) in [7, 11) is 0. The van der Waals surface area contributed by atoms with Crippen molar-refractivity contribution in [2.75, 3.05) is 0 Å². The van der Waals surface area contributed by atoms with Crippen molar-refractivity contribution in [2.24, 2.45) is 0 Å². The van der Waals surface area contributed by atoms with Crippen molar-refractivity contribution >= 4 is 26.8 Å². The van der Waals surface area contributed by atoms with Crippen LogP contribution >= 0.6 is 15.9 Å². The maximum absolute atomic E-state index is 4.38. The average molecular weight is 278 g/mol. The number of rotatable bonds is 4. The molecule has 0 N–H and O–H groups in total. The zero-order chi connectivity index (χ0) is 11.4. The van der Waals surface area contributed by atoms with Crippen molar-refractivity contribution in [3.8, 4) is 0 Å². The Morgan fingerprint density at radius 1 is 1.31 bits per heavy atom. The molecule has 0 fully saturated rings. The van der Waals surface area contributed by atoms with Gasteiger partial charge in [0, 0.05) is 16.4 Å². The van der Waals surface area contributed by atoms with E-state index in [1.54, 1.807) is 0 Å². The molecule has 0 spiro atoms. The summed E-state index contributed by atoms with van der Waals surface area (Å²) in [6.07, 6.45) is 5.35. The standard InChI is InChI=1S/C14H16BrN/c1-2-13(15)8-6-11-5-7-12-4-3-9-16-14(12)10-11/h3-5,7,9-10,13H,2,6,8H2,1H3. The van der Waals surface area contributed by atoms with Gasteiger partial charge >= 0.3 is 0 Å². The minimum Gasteiger partial charge on any atom is -0.256 e. The van der Waals surface area contributed by atoms with Gasteiger partial charge in [-0.2, -0.15) is 0 Å². The lowest BCUT2D eigenvalue weighted by atomic mass is 10.1. The van der Waals surface area contributed by atoms with Crippen LogP contribution in [0.2, 0.25) is 0 Å². The summed E-state index contributed by atoms with van der Waals surface area (Å²) in [6, 6.07) is 10.6. The minimum absolute atomic E-state index is 0.631. The molecular formula is C14H16BrN. The third kappa shape index (κ3) is 2.82. The van der Waals surface area contributed by atoms with Crippen LogP contribution in [0, 0.1) is 0 Å². The van der Waals surface area contributed by atoms with Crippen molar-refractivity contribution in [1.82, 2.24) is 4.98 Å². The molecule has 0 saturated heterocycles.